The zero-order valence-corrected chi connectivity index (χ0v) is 11.6. The lowest BCUT2D eigenvalue weighted by Crippen LogP contribution is -2.43. The predicted molar refractivity (Wildman–Crippen MR) is 68.5 cm³/mol. The SMILES string of the molecule is C/C=C1\C(=O)OC23C=C[C@@H]4C(C(=O)OC)=CO[C@H](O[C@@H]12)[C@@H]43. The van der Waals surface area contributed by atoms with Gasteiger partial charge in [0.2, 0.25) is 6.29 Å². The van der Waals surface area contributed by atoms with Crippen LogP contribution in [0.15, 0.2) is 35.6 Å². The molecular formula is C15H14O6. The number of methoxy groups -OCH3 is 1. The van der Waals surface area contributed by atoms with Crippen LogP contribution in [0.5, 0.6) is 0 Å². The van der Waals surface area contributed by atoms with Crippen molar-refractivity contribution in [3.8, 4) is 0 Å². The molecule has 0 bridgehead atoms. The highest BCUT2D eigenvalue weighted by Gasteiger charge is 2.70. The maximum atomic E-state index is 12.0. The van der Waals surface area contributed by atoms with Crippen LogP contribution in [0.3, 0.4) is 0 Å². The van der Waals surface area contributed by atoms with Crippen molar-refractivity contribution in [3.63, 3.8) is 0 Å². The maximum Gasteiger partial charge on any atom is 0.337 e. The summed E-state index contributed by atoms with van der Waals surface area (Å²) in [5.41, 5.74) is 0.0425. The van der Waals surface area contributed by atoms with Crippen LogP contribution >= 0.6 is 0 Å². The highest BCUT2D eigenvalue weighted by Crippen LogP contribution is 2.57. The van der Waals surface area contributed by atoms with Crippen LogP contribution in [0.4, 0.5) is 0 Å². The summed E-state index contributed by atoms with van der Waals surface area (Å²) in [4.78, 5) is 23.8. The minimum atomic E-state index is -0.873. The van der Waals surface area contributed by atoms with Crippen molar-refractivity contribution in [2.45, 2.75) is 24.9 Å². The van der Waals surface area contributed by atoms with Crippen molar-refractivity contribution in [2.75, 3.05) is 7.11 Å². The molecule has 0 amide bonds. The van der Waals surface area contributed by atoms with Gasteiger partial charge in [-0.25, -0.2) is 9.59 Å². The summed E-state index contributed by atoms with van der Waals surface area (Å²) >= 11 is 0. The van der Waals surface area contributed by atoms with Crippen LogP contribution < -0.4 is 0 Å². The van der Waals surface area contributed by atoms with Crippen LogP contribution in [0.2, 0.25) is 0 Å². The molecule has 5 atom stereocenters. The van der Waals surface area contributed by atoms with Crippen LogP contribution in [-0.4, -0.2) is 37.0 Å². The number of hydrogen-bond donors (Lipinski definition) is 0. The number of hydrogen-bond acceptors (Lipinski definition) is 6. The molecule has 4 rings (SSSR count). The molecule has 2 saturated heterocycles. The summed E-state index contributed by atoms with van der Waals surface area (Å²) in [5, 5.41) is 0. The Balaban J connectivity index is 1.78. The van der Waals surface area contributed by atoms with Crippen LogP contribution in [-0.2, 0) is 28.5 Å². The zero-order valence-electron chi connectivity index (χ0n) is 11.6. The topological polar surface area (TPSA) is 71.1 Å². The van der Waals surface area contributed by atoms with Crippen molar-refractivity contribution >= 4 is 11.9 Å². The van der Waals surface area contributed by atoms with Gasteiger partial charge in [-0.15, -0.1) is 0 Å². The van der Waals surface area contributed by atoms with Gasteiger partial charge in [0.1, 0.15) is 6.10 Å². The van der Waals surface area contributed by atoms with E-state index in [1.54, 1.807) is 13.0 Å². The van der Waals surface area contributed by atoms with Crippen LogP contribution in [0, 0.1) is 11.8 Å². The summed E-state index contributed by atoms with van der Waals surface area (Å²) in [6.07, 6.45) is 5.77. The molecule has 0 aromatic rings. The second-order valence-electron chi connectivity index (χ2n) is 5.48. The fourth-order valence-electron chi connectivity index (χ4n) is 3.74. The van der Waals surface area contributed by atoms with Crippen LogP contribution in [0.25, 0.3) is 0 Å². The first-order chi connectivity index (χ1) is 10.1. The molecule has 1 unspecified atom stereocenters. The summed E-state index contributed by atoms with van der Waals surface area (Å²) in [5.74, 6) is -1.31. The molecule has 2 fully saturated rings. The second kappa shape index (κ2) is 3.98. The molecule has 6 nitrogen and oxygen atoms in total. The first-order valence-electron chi connectivity index (χ1n) is 6.80. The number of rotatable bonds is 1. The molecule has 3 heterocycles. The third kappa shape index (κ3) is 1.35. The Morgan fingerprint density at radius 3 is 3.00 bits per heavy atom. The Morgan fingerprint density at radius 1 is 1.48 bits per heavy atom. The Morgan fingerprint density at radius 2 is 2.29 bits per heavy atom. The van der Waals surface area contributed by atoms with E-state index >= 15 is 0 Å². The average molecular weight is 290 g/mol. The van der Waals surface area contributed by atoms with E-state index in [9.17, 15) is 9.59 Å². The lowest BCUT2D eigenvalue weighted by atomic mass is 9.78. The average Bonchev–Trinajstić information content (AvgIpc) is 3.08. The van der Waals surface area contributed by atoms with Crippen molar-refractivity contribution in [1.29, 1.82) is 0 Å². The van der Waals surface area contributed by atoms with Gasteiger partial charge in [-0.05, 0) is 13.0 Å². The molecular weight excluding hydrogens is 276 g/mol. The Bertz CT molecular complexity index is 630. The van der Waals surface area contributed by atoms with Gasteiger partial charge in [0.05, 0.1) is 30.4 Å². The Labute approximate surface area is 121 Å². The lowest BCUT2D eigenvalue weighted by molar-refractivity contribution is -0.152. The molecule has 6 heteroatoms. The quantitative estimate of drug-likeness (QED) is 0.405. The summed E-state index contributed by atoms with van der Waals surface area (Å²) in [6.45, 7) is 1.77. The summed E-state index contributed by atoms with van der Waals surface area (Å²) in [7, 11) is 1.32. The normalized spacial score (nSPS) is 44.0. The van der Waals surface area contributed by atoms with Gasteiger partial charge in [-0.1, -0.05) is 12.2 Å². The summed E-state index contributed by atoms with van der Waals surface area (Å²) < 4.78 is 21.8. The van der Waals surface area contributed by atoms with Gasteiger partial charge >= 0.3 is 11.9 Å². The number of esters is 2. The van der Waals surface area contributed by atoms with Crippen molar-refractivity contribution < 1.29 is 28.5 Å². The second-order valence-corrected chi connectivity index (χ2v) is 5.48. The molecule has 4 aliphatic rings. The molecule has 0 aromatic carbocycles. The maximum absolute atomic E-state index is 12.0. The highest BCUT2D eigenvalue weighted by atomic mass is 16.7. The zero-order chi connectivity index (χ0) is 14.8. The van der Waals surface area contributed by atoms with E-state index in [4.69, 9.17) is 18.9 Å². The standard InChI is InChI=1S/C15H14O6/c1-3-7-11-15(21-13(7)17)5-4-8-9(12(16)18-2)6-19-14(20-11)10(8)15/h3-6,8,10-11,14H,1-2H3/b7-3-/t8-,10-,11+,14-,15?/m1/s1. The first-order valence-corrected chi connectivity index (χ1v) is 6.80. The highest BCUT2D eigenvalue weighted by molar-refractivity contribution is 5.94. The largest absolute Gasteiger partial charge is 0.471 e. The molecule has 110 valence electrons. The molecule has 0 aromatic heterocycles. The minimum absolute atomic E-state index is 0.231. The summed E-state index contributed by atoms with van der Waals surface area (Å²) in [6, 6.07) is 0. The Hall–Kier alpha value is -2.08. The van der Waals surface area contributed by atoms with Crippen LogP contribution in [0.1, 0.15) is 6.92 Å². The first kappa shape index (κ1) is 12.6. The number of ether oxygens (including phenoxy) is 4. The van der Waals surface area contributed by atoms with E-state index < -0.39 is 24.0 Å². The van der Waals surface area contributed by atoms with Gasteiger partial charge in [0, 0.05) is 5.92 Å². The van der Waals surface area contributed by atoms with Crippen molar-refractivity contribution in [1.82, 2.24) is 0 Å². The van der Waals surface area contributed by atoms with Crippen molar-refractivity contribution in [2.24, 2.45) is 11.8 Å². The Kier molecular flexibility index (Phi) is 2.39. The fourth-order valence-corrected chi connectivity index (χ4v) is 3.74. The molecule has 1 spiro atoms. The van der Waals surface area contributed by atoms with E-state index in [1.165, 1.54) is 13.4 Å². The van der Waals surface area contributed by atoms with E-state index in [0.29, 0.717) is 11.1 Å². The third-order valence-corrected chi connectivity index (χ3v) is 4.65. The fraction of sp³-hybridized carbons (Fsp3) is 0.467. The minimum Gasteiger partial charge on any atom is -0.471 e. The molecule has 0 N–H and O–H groups in total. The predicted octanol–water partition coefficient (Wildman–Crippen LogP) is 0.842. The third-order valence-electron chi connectivity index (χ3n) is 4.65. The molecule has 0 radical (unpaired) electrons. The molecule has 1 aliphatic carbocycles. The lowest BCUT2D eigenvalue weighted by Gasteiger charge is -2.32. The van der Waals surface area contributed by atoms with Gasteiger partial charge < -0.3 is 18.9 Å². The molecule has 0 saturated carbocycles. The van der Waals surface area contributed by atoms with E-state index in [0.717, 1.165) is 0 Å². The smallest absolute Gasteiger partial charge is 0.337 e. The van der Waals surface area contributed by atoms with Gasteiger partial charge in [0.15, 0.2) is 5.60 Å². The van der Waals surface area contributed by atoms with Gasteiger partial charge in [-0.2, -0.15) is 0 Å². The monoisotopic (exact) mass is 290 g/mol. The van der Waals surface area contributed by atoms with Crippen molar-refractivity contribution in [3.05, 3.63) is 35.6 Å². The van der Waals surface area contributed by atoms with E-state index in [-0.39, 0.29) is 17.8 Å². The van der Waals surface area contributed by atoms with Gasteiger partial charge in [-0.3, -0.25) is 0 Å². The molecule has 21 heavy (non-hydrogen) atoms. The molecule has 3 aliphatic heterocycles. The number of carbonyl (C=O) groups excluding carboxylic acids is 2. The van der Waals surface area contributed by atoms with Gasteiger partial charge in [0.25, 0.3) is 0 Å². The van der Waals surface area contributed by atoms with E-state index in [2.05, 4.69) is 0 Å². The van der Waals surface area contributed by atoms with E-state index in [1.807, 2.05) is 12.2 Å². The number of carbonyl (C=O) groups is 2. The number of allylic oxidation sites excluding steroid dienone is 2.